The number of carbonyl (C=O) groups excluding carboxylic acids is 1. The van der Waals surface area contributed by atoms with E-state index < -0.39 is 0 Å². The Kier molecular flexibility index (Phi) is 8.22. The fraction of sp³-hybridized carbons (Fsp3) is 0.360. The molecule has 0 spiro atoms. The summed E-state index contributed by atoms with van der Waals surface area (Å²) < 4.78 is 16.6. The van der Waals surface area contributed by atoms with Crippen LogP contribution in [0.3, 0.4) is 0 Å². The van der Waals surface area contributed by atoms with Gasteiger partial charge < -0.3 is 19.3 Å². The quantitative estimate of drug-likeness (QED) is 0.386. The lowest BCUT2D eigenvalue weighted by Gasteiger charge is -2.18. The highest BCUT2D eigenvalue weighted by Gasteiger charge is 2.18. The third kappa shape index (κ3) is 5.65. The van der Waals surface area contributed by atoms with E-state index >= 15 is 0 Å². The molecule has 0 radical (unpaired) electrons. The Labute approximate surface area is 193 Å². The highest BCUT2D eigenvalue weighted by atomic mass is 32.2. The molecular weight excluding hydrogens is 424 g/mol. The predicted molar refractivity (Wildman–Crippen MR) is 127 cm³/mol. The number of amides is 1. The molecule has 2 aromatic carbocycles. The summed E-state index contributed by atoms with van der Waals surface area (Å²) in [6, 6.07) is 13.2. The van der Waals surface area contributed by atoms with Crippen molar-refractivity contribution in [3.63, 3.8) is 0 Å². The van der Waals surface area contributed by atoms with E-state index in [1.807, 2.05) is 77.1 Å². The third-order valence-electron chi connectivity index (χ3n) is 5.10. The first-order valence-corrected chi connectivity index (χ1v) is 11.8. The number of rotatable bonds is 10. The van der Waals surface area contributed by atoms with Crippen molar-refractivity contribution in [2.45, 2.75) is 51.3 Å². The second kappa shape index (κ2) is 11.1. The standard InChI is InChI=1S/C25H30N2O4S/c1-6-29-22-13-12-19(14-23(22)30-7-2)16(3)26-25(28)20-10-8-9-11-24(20)32-15-21-17(4)27-31-18(21)5/h8-14,16H,6-7,15H2,1-5H3,(H,26,28). The van der Waals surface area contributed by atoms with Crippen LogP contribution in [0, 0.1) is 13.8 Å². The first kappa shape index (κ1) is 23.7. The minimum Gasteiger partial charge on any atom is -0.490 e. The molecule has 6 nitrogen and oxygen atoms in total. The fourth-order valence-electron chi connectivity index (χ4n) is 3.33. The van der Waals surface area contributed by atoms with E-state index in [4.69, 9.17) is 14.0 Å². The molecule has 7 heteroatoms. The summed E-state index contributed by atoms with van der Waals surface area (Å²) in [6.45, 7) is 10.8. The summed E-state index contributed by atoms with van der Waals surface area (Å²) in [4.78, 5) is 14.0. The number of thioether (sulfide) groups is 1. The number of hydrogen-bond acceptors (Lipinski definition) is 6. The van der Waals surface area contributed by atoms with Gasteiger partial charge in [-0.1, -0.05) is 23.4 Å². The van der Waals surface area contributed by atoms with E-state index in [0.717, 1.165) is 27.5 Å². The molecule has 0 fully saturated rings. The van der Waals surface area contributed by atoms with Gasteiger partial charge in [-0.15, -0.1) is 11.8 Å². The molecule has 1 amide bonds. The molecule has 0 saturated carbocycles. The minimum absolute atomic E-state index is 0.119. The largest absolute Gasteiger partial charge is 0.490 e. The van der Waals surface area contributed by atoms with Gasteiger partial charge in [0.15, 0.2) is 11.5 Å². The van der Waals surface area contributed by atoms with E-state index in [1.54, 1.807) is 11.8 Å². The molecule has 0 aliphatic carbocycles. The Bertz CT molecular complexity index is 1040. The molecule has 0 aliphatic heterocycles. The lowest BCUT2D eigenvalue weighted by atomic mass is 10.1. The predicted octanol–water partition coefficient (Wildman–Crippen LogP) is 5.87. The van der Waals surface area contributed by atoms with Gasteiger partial charge in [0.05, 0.1) is 30.5 Å². The highest BCUT2D eigenvalue weighted by molar-refractivity contribution is 7.98. The molecule has 0 saturated heterocycles. The zero-order valence-electron chi connectivity index (χ0n) is 19.2. The number of nitrogens with one attached hydrogen (secondary N) is 1. The van der Waals surface area contributed by atoms with Crippen LogP contribution in [0.2, 0.25) is 0 Å². The number of benzene rings is 2. The van der Waals surface area contributed by atoms with Gasteiger partial charge in [-0.2, -0.15) is 0 Å². The monoisotopic (exact) mass is 454 g/mol. The van der Waals surface area contributed by atoms with Gasteiger partial charge in [-0.3, -0.25) is 4.79 Å². The van der Waals surface area contributed by atoms with Crippen LogP contribution in [0.1, 0.15) is 59.8 Å². The summed E-state index contributed by atoms with van der Waals surface area (Å²) in [7, 11) is 0. The van der Waals surface area contributed by atoms with Crippen LogP contribution in [0.15, 0.2) is 51.9 Å². The van der Waals surface area contributed by atoms with Gasteiger partial charge in [0.1, 0.15) is 5.76 Å². The van der Waals surface area contributed by atoms with E-state index in [1.165, 1.54) is 0 Å². The molecular formula is C25H30N2O4S. The SMILES string of the molecule is CCOc1ccc(C(C)NC(=O)c2ccccc2SCc2c(C)noc2C)cc1OCC. The lowest BCUT2D eigenvalue weighted by molar-refractivity contribution is 0.0937. The average Bonchev–Trinajstić information content (AvgIpc) is 3.11. The molecule has 1 N–H and O–H groups in total. The van der Waals surface area contributed by atoms with Gasteiger partial charge in [-0.05, 0) is 64.4 Å². The Morgan fingerprint density at radius 2 is 1.81 bits per heavy atom. The van der Waals surface area contributed by atoms with Crippen molar-refractivity contribution in [2.75, 3.05) is 13.2 Å². The maximum atomic E-state index is 13.1. The summed E-state index contributed by atoms with van der Waals surface area (Å²) in [5.74, 6) is 2.77. The van der Waals surface area contributed by atoms with Crippen LogP contribution < -0.4 is 14.8 Å². The van der Waals surface area contributed by atoms with Crippen molar-refractivity contribution >= 4 is 17.7 Å². The molecule has 3 rings (SSSR count). The second-order valence-corrected chi connectivity index (χ2v) is 8.37. The molecule has 32 heavy (non-hydrogen) atoms. The molecule has 1 heterocycles. The first-order valence-electron chi connectivity index (χ1n) is 10.8. The van der Waals surface area contributed by atoms with Crippen LogP contribution in [-0.2, 0) is 5.75 Å². The van der Waals surface area contributed by atoms with Crippen molar-refractivity contribution in [3.05, 3.63) is 70.6 Å². The minimum atomic E-state index is -0.196. The maximum Gasteiger partial charge on any atom is 0.252 e. The van der Waals surface area contributed by atoms with Gasteiger partial charge in [0.25, 0.3) is 5.91 Å². The van der Waals surface area contributed by atoms with E-state index in [2.05, 4.69) is 10.5 Å². The first-order chi connectivity index (χ1) is 15.4. The molecule has 0 aliphatic rings. The molecule has 0 bridgehead atoms. The molecule has 1 aromatic heterocycles. The van der Waals surface area contributed by atoms with Crippen LogP contribution in [0.5, 0.6) is 11.5 Å². The Balaban J connectivity index is 1.74. The molecule has 3 aromatic rings. The number of nitrogens with zero attached hydrogens (tertiary/aromatic N) is 1. The number of carbonyl (C=O) groups is 1. The van der Waals surface area contributed by atoms with Crippen molar-refractivity contribution in [1.82, 2.24) is 10.5 Å². The zero-order chi connectivity index (χ0) is 23.1. The molecule has 170 valence electrons. The number of hydrogen-bond donors (Lipinski definition) is 1. The van der Waals surface area contributed by atoms with E-state index in [0.29, 0.717) is 36.0 Å². The summed E-state index contributed by atoms with van der Waals surface area (Å²) >= 11 is 1.60. The zero-order valence-corrected chi connectivity index (χ0v) is 20.0. The topological polar surface area (TPSA) is 73.6 Å². The summed E-state index contributed by atoms with van der Waals surface area (Å²) in [5.41, 5.74) is 3.54. The van der Waals surface area contributed by atoms with Gasteiger partial charge in [0.2, 0.25) is 0 Å². The second-order valence-electron chi connectivity index (χ2n) is 7.35. The van der Waals surface area contributed by atoms with Crippen LogP contribution in [0.25, 0.3) is 0 Å². The Morgan fingerprint density at radius 3 is 2.50 bits per heavy atom. The third-order valence-corrected chi connectivity index (χ3v) is 6.20. The normalized spacial score (nSPS) is 11.8. The number of aryl methyl sites for hydroxylation is 2. The Hall–Kier alpha value is -2.93. The van der Waals surface area contributed by atoms with Crippen molar-refractivity contribution < 1.29 is 18.8 Å². The van der Waals surface area contributed by atoms with Crippen molar-refractivity contribution in [1.29, 1.82) is 0 Å². The molecule has 1 unspecified atom stereocenters. The van der Waals surface area contributed by atoms with Crippen molar-refractivity contribution in [3.8, 4) is 11.5 Å². The average molecular weight is 455 g/mol. The maximum absolute atomic E-state index is 13.1. The van der Waals surface area contributed by atoms with Gasteiger partial charge in [-0.25, -0.2) is 0 Å². The fourth-order valence-corrected chi connectivity index (χ4v) is 4.54. The Morgan fingerprint density at radius 1 is 1.09 bits per heavy atom. The van der Waals surface area contributed by atoms with E-state index in [-0.39, 0.29) is 11.9 Å². The smallest absolute Gasteiger partial charge is 0.252 e. The summed E-state index contributed by atoms with van der Waals surface area (Å²) in [6.07, 6.45) is 0. The lowest BCUT2D eigenvalue weighted by Crippen LogP contribution is -2.27. The summed E-state index contributed by atoms with van der Waals surface area (Å²) in [5, 5.41) is 7.12. The highest BCUT2D eigenvalue weighted by Crippen LogP contribution is 2.32. The number of aromatic nitrogens is 1. The number of ether oxygens (including phenoxy) is 2. The van der Waals surface area contributed by atoms with E-state index in [9.17, 15) is 4.79 Å². The van der Waals surface area contributed by atoms with Crippen LogP contribution in [0.4, 0.5) is 0 Å². The van der Waals surface area contributed by atoms with Crippen molar-refractivity contribution in [2.24, 2.45) is 0 Å². The van der Waals surface area contributed by atoms with Gasteiger partial charge in [0, 0.05) is 16.2 Å². The molecule has 1 atom stereocenters. The van der Waals surface area contributed by atoms with Gasteiger partial charge >= 0.3 is 0 Å². The van der Waals surface area contributed by atoms with Crippen LogP contribution >= 0.6 is 11.8 Å². The van der Waals surface area contributed by atoms with Crippen LogP contribution in [-0.4, -0.2) is 24.3 Å².